The molecule has 0 fully saturated rings. The molecule has 0 saturated carbocycles. The first kappa shape index (κ1) is 18.8. The molecule has 5 nitrogen and oxygen atoms in total. The molecule has 0 bridgehead atoms. The fourth-order valence-corrected chi connectivity index (χ4v) is 4.68. The molecule has 2 aromatic carbocycles. The van der Waals surface area contributed by atoms with E-state index in [2.05, 4.69) is 15.9 Å². The van der Waals surface area contributed by atoms with Crippen LogP contribution in [0, 0.1) is 0 Å². The van der Waals surface area contributed by atoms with Crippen LogP contribution in [0.25, 0.3) is 0 Å². The van der Waals surface area contributed by atoms with Gasteiger partial charge >= 0.3 is 0 Å². The number of hydrogen-bond donors (Lipinski definition) is 0. The zero-order valence-electron chi connectivity index (χ0n) is 14.0. The summed E-state index contributed by atoms with van der Waals surface area (Å²) in [4.78, 5) is 0.130. The summed E-state index contributed by atoms with van der Waals surface area (Å²) in [7, 11) is 0.815. The van der Waals surface area contributed by atoms with Gasteiger partial charge in [0.25, 0.3) is 0 Å². The fraction of sp³-hybridized carbons (Fsp3) is 0.294. The molecule has 0 N–H and O–H groups in total. The van der Waals surface area contributed by atoms with Crippen LogP contribution in [0.2, 0.25) is 0 Å². The van der Waals surface area contributed by atoms with E-state index in [-0.39, 0.29) is 10.9 Å². The number of hydrogen-bond acceptors (Lipinski definition) is 4. The lowest BCUT2D eigenvalue weighted by atomic mass is 10.1. The molecule has 2 aromatic rings. The number of nitrogens with zero attached hydrogens (tertiary/aromatic N) is 1. The van der Waals surface area contributed by atoms with Gasteiger partial charge < -0.3 is 9.47 Å². The Hall–Kier alpha value is -1.57. The van der Waals surface area contributed by atoms with E-state index >= 15 is 0 Å². The fourth-order valence-electron chi connectivity index (χ4n) is 2.34. The second kappa shape index (κ2) is 7.55. The first-order chi connectivity index (χ1) is 11.3. The SMILES string of the molecule is COc1cc(Br)c(S(=O)(=O)N(C)[C@@H](C)c2ccccc2)cc1OC. The van der Waals surface area contributed by atoms with Gasteiger partial charge in [-0.25, -0.2) is 8.42 Å². The number of ether oxygens (including phenoxy) is 2. The summed E-state index contributed by atoms with van der Waals surface area (Å²) in [6.07, 6.45) is 0. The first-order valence-corrected chi connectivity index (χ1v) is 9.50. The molecule has 0 unspecified atom stereocenters. The Kier molecular flexibility index (Phi) is 5.90. The van der Waals surface area contributed by atoms with Crippen LogP contribution >= 0.6 is 15.9 Å². The molecule has 0 heterocycles. The highest BCUT2D eigenvalue weighted by Crippen LogP contribution is 2.37. The average Bonchev–Trinajstić information content (AvgIpc) is 2.60. The third-order valence-corrected chi connectivity index (χ3v) is 6.81. The van der Waals surface area contributed by atoms with Crippen LogP contribution in [0.15, 0.2) is 51.8 Å². The maximum atomic E-state index is 13.0. The van der Waals surface area contributed by atoms with Crippen molar-refractivity contribution in [3.05, 3.63) is 52.5 Å². The molecule has 0 amide bonds. The minimum atomic E-state index is -3.72. The standard InChI is InChI=1S/C17H20BrNO4S/c1-12(13-8-6-5-7-9-13)19(2)24(20,21)17-11-16(23-4)15(22-3)10-14(17)18/h5-12H,1-4H3/t12-/m0/s1. The lowest BCUT2D eigenvalue weighted by Crippen LogP contribution is -2.30. The van der Waals surface area contributed by atoms with Crippen LogP contribution < -0.4 is 9.47 Å². The quantitative estimate of drug-likeness (QED) is 0.721. The molecule has 0 aromatic heterocycles. The Morgan fingerprint density at radius 3 is 2.12 bits per heavy atom. The van der Waals surface area contributed by atoms with E-state index in [0.29, 0.717) is 16.0 Å². The van der Waals surface area contributed by atoms with Gasteiger partial charge in [0.2, 0.25) is 10.0 Å². The van der Waals surface area contributed by atoms with Crippen LogP contribution in [-0.4, -0.2) is 34.0 Å². The molecule has 1 atom stereocenters. The summed E-state index contributed by atoms with van der Waals surface area (Å²) in [5.74, 6) is 0.821. The van der Waals surface area contributed by atoms with Gasteiger partial charge in [0.1, 0.15) is 4.90 Å². The number of sulfonamides is 1. The number of halogens is 1. The minimum Gasteiger partial charge on any atom is -0.493 e. The van der Waals surface area contributed by atoms with Crippen molar-refractivity contribution in [2.45, 2.75) is 17.9 Å². The molecule has 7 heteroatoms. The lowest BCUT2D eigenvalue weighted by molar-refractivity contribution is 0.352. The Morgan fingerprint density at radius 2 is 1.58 bits per heavy atom. The summed E-state index contributed by atoms with van der Waals surface area (Å²) in [6, 6.07) is 12.2. The number of benzene rings is 2. The Labute approximate surface area is 151 Å². The average molecular weight is 414 g/mol. The van der Waals surface area contributed by atoms with Gasteiger partial charge in [0.05, 0.1) is 14.2 Å². The molecular formula is C17H20BrNO4S. The van der Waals surface area contributed by atoms with Crippen LogP contribution in [0.3, 0.4) is 0 Å². The first-order valence-electron chi connectivity index (χ1n) is 7.27. The topological polar surface area (TPSA) is 55.8 Å². The van der Waals surface area contributed by atoms with Crippen LogP contribution in [0.1, 0.15) is 18.5 Å². The van der Waals surface area contributed by atoms with E-state index < -0.39 is 10.0 Å². The van der Waals surface area contributed by atoms with Crippen molar-refractivity contribution in [2.24, 2.45) is 0 Å². The smallest absolute Gasteiger partial charge is 0.244 e. The van der Waals surface area contributed by atoms with Crippen LogP contribution in [-0.2, 0) is 10.0 Å². The summed E-state index contributed by atoms with van der Waals surface area (Å²) in [5.41, 5.74) is 0.917. The van der Waals surface area contributed by atoms with Crippen molar-refractivity contribution in [3.8, 4) is 11.5 Å². The monoisotopic (exact) mass is 413 g/mol. The van der Waals surface area contributed by atoms with Gasteiger partial charge in [-0.2, -0.15) is 4.31 Å². The highest BCUT2D eigenvalue weighted by atomic mass is 79.9. The maximum Gasteiger partial charge on any atom is 0.244 e. The van der Waals surface area contributed by atoms with E-state index in [4.69, 9.17) is 9.47 Å². The Bertz CT molecular complexity index is 809. The van der Waals surface area contributed by atoms with Crippen molar-refractivity contribution in [1.82, 2.24) is 4.31 Å². The van der Waals surface area contributed by atoms with Crippen molar-refractivity contribution in [3.63, 3.8) is 0 Å². The van der Waals surface area contributed by atoms with Gasteiger partial charge in [-0.15, -0.1) is 0 Å². The van der Waals surface area contributed by atoms with Crippen molar-refractivity contribution in [2.75, 3.05) is 21.3 Å². The molecule has 2 rings (SSSR count). The molecule has 0 saturated heterocycles. The Balaban J connectivity index is 2.46. The molecular weight excluding hydrogens is 394 g/mol. The third-order valence-electron chi connectivity index (χ3n) is 3.92. The number of methoxy groups -OCH3 is 2. The molecule has 0 aliphatic heterocycles. The van der Waals surface area contributed by atoms with Crippen molar-refractivity contribution < 1.29 is 17.9 Å². The van der Waals surface area contributed by atoms with Gasteiger partial charge in [0.15, 0.2) is 11.5 Å². The second-order valence-electron chi connectivity index (χ2n) is 5.25. The summed E-state index contributed by atoms with van der Waals surface area (Å²) < 4.78 is 38.3. The lowest BCUT2D eigenvalue weighted by Gasteiger charge is -2.25. The zero-order chi connectivity index (χ0) is 17.9. The molecule has 0 radical (unpaired) electrons. The molecule has 0 aliphatic carbocycles. The maximum absolute atomic E-state index is 13.0. The number of rotatable bonds is 6. The van der Waals surface area contributed by atoms with Gasteiger partial charge in [0, 0.05) is 23.6 Å². The molecule has 24 heavy (non-hydrogen) atoms. The highest BCUT2D eigenvalue weighted by Gasteiger charge is 2.29. The van der Waals surface area contributed by atoms with Crippen LogP contribution in [0.5, 0.6) is 11.5 Å². The van der Waals surface area contributed by atoms with E-state index in [1.807, 2.05) is 37.3 Å². The predicted molar refractivity (Wildman–Crippen MR) is 97.1 cm³/mol. The highest BCUT2D eigenvalue weighted by molar-refractivity contribution is 9.10. The molecule has 0 spiro atoms. The largest absolute Gasteiger partial charge is 0.493 e. The van der Waals surface area contributed by atoms with Gasteiger partial charge in [-0.3, -0.25) is 0 Å². The zero-order valence-corrected chi connectivity index (χ0v) is 16.4. The van der Waals surface area contributed by atoms with Gasteiger partial charge in [-0.05, 0) is 34.5 Å². The summed E-state index contributed by atoms with van der Waals surface area (Å²) in [6.45, 7) is 1.85. The van der Waals surface area contributed by atoms with Crippen molar-refractivity contribution in [1.29, 1.82) is 0 Å². The van der Waals surface area contributed by atoms with E-state index in [0.717, 1.165) is 5.56 Å². The van der Waals surface area contributed by atoms with E-state index in [1.165, 1.54) is 24.6 Å². The Morgan fingerprint density at radius 1 is 1.04 bits per heavy atom. The minimum absolute atomic E-state index is 0.130. The summed E-state index contributed by atoms with van der Waals surface area (Å²) >= 11 is 3.32. The predicted octanol–water partition coefficient (Wildman–Crippen LogP) is 3.85. The van der Waals surface area contributed by atoms with Crippen molar-refractivity contribution >= 4 is 26.0 Å². The third kappa shape index (κ3) is 3.58. The van der Waals surface area contributed by atoms with Crippen LogP contribution in [0.4, 0.5) is 0 Å². The normalized spacial score (nSPS) is 12.9. The summed E-state index contributed by atoms with van der Waals surface area (Å²) in [5, 5.41) is 0. The molecule has 130 valence electrons. The van der Waals surface area contributed by atoms with Gasteiger partial charge in [-0.1, -0.05) is 30.3 Å². The van der Waals surface area contributed by atoms with E-state index in [9.17, 15) is 8.42 Å². The second-order valence-corrected chi connectivity index (χ2v) is 8.07. The molecule has 0 aliphatic rings. The van der Waals surface area contributed by atoms with E-state index in [1.54, 1.807) is 13.1 Å².